The lowest BCUT2D eigenvalue weighted by Crippen LogP contribution is -2.49. The van der Waals surface area contributed by atoms with Gasteiger partial charge in [0.05, 0.1) is 0 Å². The average Bonchev–Trinajstić information content (AvgIpc) is 3.19. The van der Waals surface area contributed by atoms with Gasteiger partial charge < -0.3 is 5.11 Å². The number of likely N-dealkylation sites (tertiary alicyclic amines) is 2. The van der Waals surface area contributed by atoms with E-state index < -0.39 is 18.4 Å². The Hall–Kier alpha value is -1.86. The molecule has 164 valence electrons. The molecule has 1 N–H and O–H groups in total. The van der Waals surface area contributed by atoms with Crippen molar-refractivity contribution in [3.05, 3.63) is 59.1 Å². The molecule has 4 rings (SSSR count). The van der Waals surface area contributed by atoms with Gasteiger partial charge in [-0.25, -0.2) is 17.6 Å². The van der Waals surface area contributed by atoms with Crippen molar-refractivity contribution < 1.29 is 22.7 Å². The van der Waals surface area contributed by atoms with Crippen LogP contribution in [-0.4, -0.2) is 53.3 Å². The molecule has 3 nitrogen and oxygen atoms in total. The molecule has 7 heteroatoms. The maximum Gasteiger partial charge on any atom is 0.263 e. The third-order valence-corrected chi connectivity index (χ3v) is 6.77. The van der Waals surface area contributed by atoms with Crippen molar-refractivity contribution in [2.75, 3.05) is 26.2 Å². The van der Waals surface area contributed by atoms with Gasteiger partial charge in [-0.3, -0.25) is 9.80 Å². The molecule has 2 saturated heterocycles. The van der Waals surface area contributed by atoms with Crippen LogP contribution in [0.2, 0.25) is 0 Å². The van der Waals surface area contributed by atoms with Crippen molar-refractivity contribution in [1.82, 2.24) is 9.80 Å². The first-order valence-corrected chi connectivity index (χ1v) is 10.6. The number of benzene rings is 1. The van der Waals surface area contributed by atoms with E-state index in [-0.39, 0.29) is 35.6 Å². The van der Waals surface area contributed by atoms with E-state index in [0.717, 1.165) is 31.6 Å². The highest BCUT2D eigenvalue weighted by Gasteiger charge is 2.39. The molecule has 2 aliphatic heterocycles. The van der Waals surface area contributed by atoms with E-state index in [9.17, 15) is 22.7 Å². The van der Waals surface area contributed by atoms with E-state index >= 15 is 0 Å². The van der Waals surface area contributed by atoms with Crippen LogP contribution in [0.25, 0.3) is 0 Å². The minimum Gasteiger partial charge on any atom is -0.505 e. The molecule has 1 aromatic carbocycles. The third-order valence-electron chi connectivity index (χ3n) is 6.77. The summed E-state index contributed by atoms with van der Waals surface area (Å²) in [6, 6.07) is 6.74. The van der Waals surface area contributed by atoms with Crippen LogP contribution in [0.5, 0.6) is 0 Å². The lowest BCUT2D eigenvalue weighted by Gasteiger charge is -2.40. The van der Waals surface area contributed by atoms with Gasteiger partial charge in [-0.2, -0.15) is 0 Å². The fraction of sp³-hybridized carbons (Fsp3) is 0.565. The Balaban J connectivity index is 1.28. The van der Waals surface area contributed by atoms with Crippen LogP contribution in [0.1, 0.15) is 36.8 Å². The SMILES string of the molecule is OC1=C(F)CC([C@@H]2CCN([C@H]3CCN(Cc4ccc(C(F)F)cc4)C3)C[C@H]2F)C=C1. The van der Waals surface area contributed by atoms with Crippen LogP contribution in [-0.2, 0) is 6.54 Å². The summed E-state index contributed by atoms with van der Waals surface area (Å²) in [5, 5.41) is 9.39. The normalized spacial score (nSPS) is 31.1. The molecule has 0 amide bonds. The summed E-state index contributed by atoms with van der Waals surface area (Å²) >= 11 is 0. The first kappa shape index (κ1) is 21.4. The van der Waals surface area contributed by atoms with E-state index in [4.69, 9.17) is 0 Å². The van der Waals surface area contributed by atoms with Gasteiger partial charge in [0.1, 0.15) is 17.8 Å². The highest BCUT2D eigenvalue weighted by molar-refractivity contribution is 5.24. The standard InChI is InChI=1S/C23H28F4N2O/c24-20-11-17(5-6-22(20)30)19-8-10-29(14-21(19)25)18-7-9-28(13-18)12-15-1-3-16(4-2-15)23(26)27/h1-6,17-19,21,23,30H,7-14H2/t17?,18-,19-,21+/m0/s1. The molecular formula is C23H28F4N2O. The van der Waals surface area contributed by atoms with Gasteiger partial charge in [-0.1, -0.05) is 30.3 Å². The van der Waals surface area contributed by atoms with E-state index in [1.165, 1.54) is 18.2 Å². The fourth-order valence-electron chi connectivity index (χ4n) is 5.02. The van der Waals surface area contributed by atoms with Crippen LogP contribution >= 0.6 is 0 Å². The minimum atomic E-state index is -2.45. The first-order chi connectivity index (χ1) is 14.4. The second-order valence-electron chi connectivity index (χ2n) is 8.70. The van der Waals surface area contributed by atoms with E-state index in [0.29, 0.717) is 19.5 Å². The summed E-state index contributed by atoms with van der Waals surface area (Å²) in [7, 11) is 0. The van der Waals surface area contributed by atoms with Gasteiger partial charge in [-0.05, 0) is 42.9 Å². The fourth-order valence-corrected chi connectivity index (χ4v) is 5.02. The highest BCUT2D eigenvalue weighted by atomic mass is 19.3. The molecule has 0 radical (unpaired) electrons. The molecule has 0 saturated carbocycles. The number of allylic oxidation sites excluding steroid dienone is 3. The molecule has 0 aromatic heterocycles. The largest absolute Gasteiger partial charge is 0.505 e. The van der Waals surface area contributed by atoms with Crippen LogP contribution in [0.15, 0.2) is 48.0 Å². The number of nitrogens with zero attached hydrogens (tertiary/aromatic N) is 2. The quantitative estimate of drug-likeness (QED) is 0.661. The molecule has 2 heterocycles. The molecule has 4 atom stereocenters. The zero-order valence-electron chi connectivity index (χ0n) is 16.9. The molecular weight excluding hydrogens is 396 g/mol. The second-order valence-corrected chi connectivity index (χ2v) is 8.70. The molecule has 0 bridgehead atoms. The zero-order valence-corrected chi connectivity index (χ0v) is 16.9. The number of rotatable bonds is 5. The zero-order chi connectivity index (χ0) is 21.3. The Morgan fingerprint density at radius 3 is 2.50 bits per heavy atom. The number of aliphatic hydroxyl groups is 1. The van der Waals surface area contributed by atoms with Crippen molar-refractivity contribution in [1.29, 1.82) is 0 Å². The first-order valence-electron chi connectivity index (χ1n) is 10.6. The Morgan fingerprint density at radius 1 is 1.07 bits per heavy atom. The average molecular weight is 424 g/mol. The van der Waals surface area contributed by atoms with E-state index in [1.807, 2.05) is 0 Å². The van der Waals surface area contributed by atoms with Crippen LogP contribution in [0.4, 0.5) is 17.6 Å². The van der Waals surface area contributed by atoms with Crippen LogP contribution in [0.3, 0.4) is 0 Å². The third kappa shape index (κ3) is 4.72. The summed E-state index contributed by atoms with van der Waals surface area (Å²) in [5.41, 5.74) is 1.04. The van der Waals surface area contributed by atoms with Gasteiger partial charge in [-0.15, -0.1) is 0 Å². The minimum absolute atomic E-state index is 0.0355. The second kappa shape index (κ2) is 9.10. The smallest absolute Gasteiger partial charge is 0.263 e. The van der Waals surface area contributed by atoms with Gasteiger partial charge >= 0.3 is 0 Å². The maximum absolute atomic E-state index is 15.0. The summed E-state index contributed by atoms with van der Waals surface area (Å²) in [6.07, 6.45) is 1.34. The van der Waals surface area contributed by atoms with E-state index in [1.54, 1.807) is 18.2 Å². The van der Waals surface area contributed by atoms with Crippen molar-refractivity contribution >= 4 is 0 Å². The lowest BCUT2D eigenvalue weighted by molar-refractivity contribution is 0.0390. The van der Waals surface area contributed by atoms with Crippen LogP contribution in [0, 0.1) is 11.8 Å². The molecule has 30 heavy (non-hydrogen) atoms. The Kier molecular flexibility index (Phi) is 6.48. The maximum atomic E-state index is 15.0. The highest BCUT2D eigenvalue weighted by Crippen LogP contribution is 2.37. The number of alkyl halides is 3. The van der Waals surface area contributed by atoms with Crippen molar-refractivity contribution in [3.63, 3.8) is 0 Å². The lowest BCUT2D eigenvalue weighted by atomic mass is 9.79. The van der Waals surface area contributed by atoms with Crippen molar-refractivity contribution in [2.45, 2.75) is 44.4 Å². The summed E-state index contributed by atoms with van der Waals surface area (Å²) < 4.78 is 54.1. The summed E-state index contributed by atoms with van der Waals surface area (Å²) in [6.45, 7) is 3.58. The topological polar surface area (TPSA) is 26.7 Å². The van der Waals surface area contributed by atoms with Gasteiger partial charge in [0.25, 0.3) is 6.43 Å². The van der Waals surface area contributed by atoms with Crippen molar-refractivity contribution in [2.24, 2.45) is 11.8 Å². The predicted molar refractivity (Wildman–Crippen MR) is 108 cm³/mol. The van der Waals surface area contributed by atoms with E-state index in [2.05, 4.69) is 9.80 Å². The number of hydrogen-bond donors (Lipinski definition) is 1. The Bertz CT molecular complexity index is 795. The Morgan fingerprint density at radius 2 is 1.83 bits per heavy atom. The summed E-state index contributed by atoms with van der Waals surface area (Å²) in [4.78, 5) is 4.49. The molecule has 1 aliphatic carbocycles. The molecule has 2 fully saturated rings. The van der Waals surface area contributed by atoms with Gasteiger partial charge in [0.2, 0.25) is 0 Å². The number of hydrogen-bond acceptors (Lipinski definition) is 3. The molecule has 1 aromatic rings. The molecule has 1 unspecified atom stereocenters. The molecule has 0 spiro atoms. The number of piperidine rings is 1. The van der Waals surface area contributed by atoms with Gasteiger partial charge in [0.15, 0.2) is 0 Å². The Labute approximate surface area is 174 Å². The van der Waals surface area contributed by atoms with Gasteiger partial charge in [0, 0.05) is 44.2 Å². The number of halogens is 4. The van der Waals surface area contributed by atoms with Crippen LogP contribution < -0.4 is 0 Å². The van der Waals surface area contributed by atoms with Crippen molar-refractivity contribution in [3.8, 4) is 0 Å². The molecule has 3 aliphatic rings. The predicted octanol–water partition coefficient (Wildman–Crippen LogP) is 5.17. The summed E-state index contributed by atoms with van der Waals surface area (Å²) in [5.74, 6) is -1.31. The number of aliphatic hydroxyl groups excluding tert-OH is 1. The monoisotopic (exact) mass is 424 g/mol.